The van der Waals surface area contributed by atoms with Crippen LogP contribution >= 0.6 is 7.82 Å². The Morgan fingerprint density at radius 3 is 2.10 bits per heavy atom. The summed E-state index contributed by atoms with van der Waals surface area (Å²) in [7, 11) is 1.53. The summed E-state index contributed by atoms with van der Waals surface area (Å²) in [5.74, 6) is -0.207. The maximum absolute atomic E-state index is 12.6. The zero-order valence-corrected chi connectivity index (χ0v) is 27.0. The molecule has 3 atom stereocenters. The van der Waals surface area contributed by atoms with Gasteiger partial charge in [-0.15, -0.1) is 0 Å². The standard InChI is InChI=1S/C31H59N2O6P/c1-6-8-10-12-14-16-17-19-21-23-25-31(35)32-29(28-39-40(36,37)38-27-26-33(3,4)5)30(34)24-22-20-18-15-13-11-9-7-2/h10,12-13,15,22,24,29-30,34H,6-9,11,14,16-21,23,25-28H2,1-5H3,(H-,32,35,36,37)/p+1/b12-10-,15-13+,24-22+. The van der Waals surface area contributed by atoms with Crippen molar-refractivity contribution < 1.29 is 32.9 Å². The van der Waals surface area contributed by atoms with E-state index in [0.29, 0.717) is 17.4 Å². The third kappa shape index (κ3) is 25.7. The lowest BCUT2D eigenvalue weighted by molar-refractivity contribution is -0.870. The molecule has 3 unspecified atom stereocenters. The number of hydrogen-bond acceptors (Lipinski definition) is 5. The highest BCUT2D eigenvalue weighted by Crippen LogP contribution is 2.43. The van der Waals surface area contributed by atoms with Gasteiger partial charge in [0.05, 0.1) is 39.9 Å². The van der Waals surface area contributed by atoms with Gasteiger partial charge in [-0.3, -0.25) is 13.8 Å². The second-order valence-corrected chi connectivity index (χ2v) is 12.9. The van der Waals surface area contributed by atoms with Gasteiger partial charge >= 0.3 is 7.82 Å². The molecule has 0 radical (unpaired) electrons. The van der Waals surface area contributed by atoms with Crippen LogP contribution in [-0.4, -0.2) is 73.4 Å². The minimum absolute atomic E-state index is 0.0531. The van der Waals surface area contributed by atoms with E-state index < -0.39 is 20.0 Å². The first-order valence-corrected chi connectivity index (χ1v) is 16.9. The summed E-state index contributed by atoms with van der Waals surface area (Å²) in [6.07, 6.45) is 25.1. The Morgan fingerprint density at radius 1 is 0.825 bits per heavy atom. The monoisotopic (exact) mass is 587 g/mol. The van der Waals surface area contributed by atoms with Crippen LogP contribution in [0.3, 0.4) is 0 Å². The Hall–Kier alpha value is -1.28. The number of phosphoric ester groups is 1. The number of quaternary nitrogens is 1. The molecule has 1 amide bonds. The predicted octanol–water partition coefficient (Wildman–Crippen LogP) is 6.84. The van der Waals surface area contributed by atoms with Gasteiger partial charge in [-0.25, -0.2) is 4.57 Å². The molecule has 0 saturated heterocycles. The van der Waals surface area contributed by atoms with Crippen molar-refractivity contribution in [3.8, 4) is 0 Å². The van der Waals surface area contributed by atoms with Crippen molar-refractivity contribution in [1.29, 1.82) is 0 Å². The van der Waals surface area contributed by atoms with E-state index in [9.17, 15) is 19.4 Å². The van der Waals surface area contributed by atoms with E-state index >= 15 is 0 Å². The number of carbonyl (C=O) groups is 1. The van der Waals surface area contributed by atoms with E-state index in [1.54, 1.807) is 6.08 Å². The van der Waals surface area contributed by atoms with Crippen LogP contribution in [0.5, 0.6) is 0 Å². The van der Waals surface area contributed by atoms with Gasteiger partial charge in [-0.05, 0) is 44.9 Å². The van der Waals surface area contributed by atoms with Crippen LogP contribution in [0, 0.1) is 0 Å². The summed E-state index contributed by atoms with van der Waals surface area (Å²) in [4.78, 5) is 22.7. The summed E-state index contributed by atoms with van der Waals surface area (Å²) < 4.78 is 23.2. The van der Waals surface area contributed by atoms with Crippen LogP contribution in [-0.2, 0) is 18.4 Å². The van der Waals surface area contributed by atoms with Gasteiger partial charge in [0.1, 0.15) is 13.2 Å². The first kappa shape index (κ1) is 38.7. The Morgan fingerprint density at radius 2 is 1.43 bits per heavy atom. The van der Waals surface area contributed by atoms with Crippen LogP contribution < -0.4 is 5.32 Å². The molecule has 0 saturated carbocycles. The Labute approximate surface area is 245 Å². The zero-order valence-electron chi connectivity index (χ0n) is 26.1. The van der Waals surface area contributed by atoms with E-state index in [-0.39, 0.29) is 19.1 Å². The molecule has 0 aromatic carbocycles. The number of carbonyl (C=O) groups excluding carboxylic acids is 1. The van der Waals surface area contributed by atoms with Gasteiger partial charge in [0.25, 0.3) is 0 Å². The van der Waals surface area contributed by atoms with Crippen LogP contribution in [0.15, 0.2) is 36.5 Å². The van der Waals surface area contributed by atoms with Gasteiger partial charge < -0.3 is 19.8 Å². The molecule has 0 aliphatic rings. The fraction of sp³-hybridized carbons (Fsp3) is 0.774. The SMILES string of the molecule is CCC/C=C\CCCCCCCC(=O)NC(COP(=O)(O)OCC[N+](C)(C)C)C(O)/C=C/CC/C=C/CCCC. The molecule has 0 aromatic heterocycles. The number of nitrogens with one attached hydrogen (secondary N) is 1. The fourth-order valence-corrected chi connectivity index (χ4v) is 4.48. The third-order valence-corrected chi connectivity index (χ3v) is 7.30. The van der Waals surface area contributed by atoms with Gasteiger partial charge in [0, 0.05) is 6.42 Å². The number of aliphatic hydroxyl groups is 1. The topological polar surface area (TPSA) is 105 Å². The molecule has 0 heterocycles. The molecule has 234 valence electrons. The van der Waals surface area contributed by atoms with Crippen LogP contribution in [0.1, 0.15) is 104 Å². The Kier molecular flexibility index (Phi) is 23.6. The van der Waals surface area contributed by atoms with Crippen molar-refractivity contribution in [3.05, 3.63) is 36.5 Å². The molecule has 3 N–H and O–H groups in total. The lowest BCUT2D eigenvalue weighted by atomic mass is 10.1. The number of aliphatic hydroxyl groups excluding tert-OH is 1. The summed E-state index contributed by atoms with van der Waals surface area (Å²) in [5, 5.41) is 13.5. The number of hydrogen-bond donors (Lipinski definition) is 3. The number of likely N-dealkylation sites (N-methyl/N-ethyl adjacent to an activating group) is 1. The lowest BCUT2D eigenvalue weighted by Crippen LogP contribution is -2.45. The fourth-order valence-electron chi connectivity index (χ4n) is 3.75. The average molecular weight is 588 g/mol. The summed E-state index contributed by atoms with van der Waals surface area (Å²) in [6.45, 7) is 4.59. The highest BCUT2D eigenvalue weighted by atomic mass is 31.2. The molecular weight excluding hydrogens is 527 g/mol. The maximum Gasteiger partial charge on any atom is 0.472 e. The zero-order chi connectivity index (χ0) is 30.1. The van der Waals surface area contributed by atoms with Crippen molar-refractivity contribution >= 4 is 13.7 Å². The number of phosphoric acid groups is 1. The highest BCUT2D eigenvalue weighted by molar-refractivity contribution is 7.47. The van der Waals surface area contributed by atoms with Crippen molar-refractivity contribution in [2.45, 2.75) is 116 Å². The number of unbranched alkanes of at least 4 members (excludes halogenated alkanes) is 9. The molecule has 8 nitrogen and oxygen atoms in total. The van der Waals surface area contributed by atoms with Crippen molar-refractivity contribution in [3.63, 3.8) is 0 Å². The summed E-state index contributed by atoms with van der Waals surface area (Å²) in [6, 6.07) is -0.860. The van der Waals surface area contributed by atoms with Gasteiger partial charge in [0.15, 0.2) is 0 Å². The molecule has 0 aromatic rings. The molecule has 9 heteroatoms. The molecule has 0 aliphatic heterocycles. The van der Waals surface area contributed by atoms with E-state index in [1.165, 1.54) is 19.3 Å². The van der Waals surface area contributed by atoms with Crippen LogP contribution in [0.4, 0.5) is 0 Å². The van der Waals surface area contributed by atoms with E-state index in [4.69, 9.17) is 9.05 Å². The lowest BCUT2D eigenvalue weighted by Gasteiger charge is -2.25. The van der Waals surface area contributed by atoms with E-state index in [2.05, 4.69) is 43.5 Å². The minimum atomic E-state index is -4.32. The summed E-state index contributed by atoms with van der Waals surface area (Å²) in [5.41, 5.74) is 0. The molecule has 0 bridgehead atoms. The molecular formula is C31H60N2O6P+. The van der Waals surface area contributed by atoms with E-state index in [1.807, 2.05) is 27.2 Å². The van der Waals surface area contributed by atoms with E-state index in [0.717, 1.165) is 64.2 Å². The van der Waals surface area contributed by atoms with Crippen molar-refractivity contribution in [2.24, 2.45) is 0 Å². The number of amides is 1. The number of allylic oxidation sites excluding steroid dienone is 5. The van der Waals surface area contributed by atoms with Crippen molar-refractivity contribution in [1.82, 2.24) is 5.32 Å². The smallest absolute Gasteiger partial charge is 0.387 e. The molecule has 0 rings (SSSR count). The largest absolute Gasteiger partial charge is 0.472 e. The molecule has 40 heavy (non-hydrogen) atoms. The molecule has 0 aliphatic carbocycles. The number of nitrogens with zero attached hydrogens (tertiary/aromatic N) is 1. The third-order valence-electron chi connectivity index (χ3n) is 6.31. The maximum atomic E-state index is 12.6. The van der Waals surface area contributed by atoms with Crippen molar-refractivity contribution in [2.75, 3.05) is 40.9 Å². The Bertz CT molecular complexity index is 763. The number of rotatable bonds is 26. The first-order chi connectivity index (χ1) is 19.0. The normalized spacial score (nSPS) is 15.7. The molecule has 0 fully saturated rings. The van der Waals surface area contributed by atoms with Crippen LogP contribution in [0.25, 0.3) is 0 Å². The quantitative estimate of drug-likeness (QED) is 0.0443. The summed E-state index contributed by atoms with van der Waals surface area (Å²) >= 11 is 0. The molecule has 0 spiro atoms. The van der Waals surface area contributed by atoms with Gasteiger partial charge in [-0.2, -0.15) is 0 Å². The predicted molar refractivity (Wildman–Crippen MR) is 166 cm³/mol. The second kappa shape index (κ2) is 24.3. The van der Waals surface area contributed by atoms with Gasteiger partial charge in [0.2, 0.25) is 5.91 Å². The first-order valence-electron chi connectivity index (χ1n) is 15.4. The average Bonchev–Trinajstić information content (AvgIpc) is 2.88. The van der Waals surface area contributed by atoms with Crippen LogP contribution in [0.2, 0.25) is 0 Å². The Balaban J connectivity index is 4.73. The van der Waals surface area contributed by atoms with Gasteiger partial charge in [-0.1, -0.05) is 88.8 Å². The highest BCUT2D eigenvalue weighted by Gasteiger charge is 2.27. The minimum Gasteiger partial charge on any atom is -0.387 e. The second-order valence-electron chi connectivity index (χ2n) is 11.5.